The second-order valence-electron chi connectivity index (χ2n) is 16.8. The topological polar surface area (TPSA) is 363 Å². The molecule has 3 aromatic carbocycles. The van der Waals surface area contributed by atoms with E-state index in [-0.39, 0.29) is 42.9 Å². The average Bonchev–Trinajstić information content (AvgIpc) is 3.75. The van der Waals surface area contributed by atoms with E-state index in [1.807, 2.05) is 30.3 Å². The molecule has 0 bridgehead atoms. The monoisotopic (exact) mass is 1060 g/mol. The lowest BCUT2D eigenvalue weighted by Gasteiger charge is -2.27. The van der Waals surface area contributed by atoms with Gasteiger partial charge < -0.3 is 69.4 Å². The quantitative estimate of drug-likeness (QED) is 0.0525. The lowest BCUT2D eigenvalue weighted by molar-refractivity contribution is -0.192. The fourth-order valence-electron chi connectivity index (χ4n) is 7.18. The number of hydrogen-bond donors (Lipinski definition) is 13. The van der Waals surface area contributed by atoms with Crippen molar-refractivity contribution in [3.05, 3.63) is 102 Å². The van der Waals surface area contributed by atoms with Crippen LogP contribution in [0.15, 0.2) is 85.1 Å². The van der Waals surface area contributed by atoms with Crippen LogP contribution in [0.4, 0.5) is 13.2 Å². The van der Waals surface area contributed by atoms with Gasteiger partial charge in [0.15, 0.2) is 0 Å². The first-order chi connectivity index (χ1) is 34.6. The van der Waals surface area contributed by atoms with Crippen molar-refractivity contribution in [3.63, 3.8) is 0 Å². The normalized spacial score (nSPS) is 20.5. The molecule has 73 heavy (non-hydrogen) atoms. The number of aromatic hydroxyl groups is 1. The number of carbonyl (C=O) groups excluding carboxylic acids is 7. The summed E-state index contributed by atoms with van der Waals surface area (Å²) in [6.07, 6.45) is -3.81. The summed E-state index contributed by atoms with van der Waals surface area (Å²) in [5.74, 6) is -8.69. The molecule has 1 aliphatic rings. The summed E-state index contributed by atoms with van der Waals surface area (Å²) in [6.45, 7) is 1.55. The van der Waals surface area contributed by atoms with Gasteiger partial charge in [-0.3, -0.25) is 33.6 Å². The van der Waals surface area contributed by atoms with Crippen LogP contribution in [0.2, 0.25) is 0 Å². The van der Waals surface area contributed by atoms with E-state index in [0.717, 1.165) is 38.1 Å². The lowest BCUT2D eigenvalue weighted by atomic mass is 10.0. The Morgan fingerprint density at radius 1 is 0.781 bits per heavy atom. The molecule has 1 fully saturated rings. The minimum atomic E-state index is -5.08. The van der Waals surface area contributed by atoms with Crippen LogP contribution in [0.1, 0.15) is 42.9 Å². The smallest absolute Gasteiger partial charge is 0.490 e. The number of alkyl halides is 3. The number of aliphatic hydroxyl groups excluding tert-OH is 1. The van der Waals surface area contributed by atoms with Crippen LogP contribution in [0.5, 0.6) is 5.75 Å². The third-order valence-corrected chi connectivity index (χ3v) is 13.5. The lowest BCUT2D eigenvalue weighted by Crippen LogP contribution is -2.61. The van der Waals surface area contributed by atoms with Crippen LogP contribution in [0.3, 0.4) is 0 Å². The van der Waals surface area contributed by atoms with Crippen LogP contribution in [-0.2, 0) is 57.6 Å². The first-order valence-corrected chi connectivity index (χ1v) is 25.2. The number of halogens is 3. The first kappa shape index (κ1) is 58.7. The molecule has 1 aliphatic heterocycles. The number of amides is 7. The van der Waals surface area contributed by atoms with Crippen LogP contribution in [0, 0.1) is 0 Å². The maximum absolute atomic E-state index is 14.6. The number of benzene rings is 3. The number of nitrogens with two attached hydrogens (primary N) is 3. The maximum atomic E-state index is 14.6. The van der Waals surface area contributed by atoms with Gasteiger partial charge in [-0.05, 0) is 74.0 Å². The van der Waals surface area contributed by atoms with E-state index in [9.17, 15) is 56.9 Å². The van der Waals surface area contributed by atoms with Gasteiger partial charge >= 0.3 is 12.1 Å². The number of phenolic OH excluding ortho intramolecular Hbond substituents is 1. The van der Waals surface area contributed by atoms with Crippen LogP contribution < -0.4 is 49.1 Å². The Hall–Kier alpha value is -6.87. The number of carboxylic acids is 1. The highest BCUT2D eigenvalue weighted by Crippen LogP contribution is 2.25. The van der Waals surface area contributed by atoms with E-state index in [4.69, 9.17) is 27.1 Å². The van der Waals surface area contributed by atoms with Crippen LogP contribution >= 0.6 is 21.6 Å². The van der Waals surface area contributed by atoms with Gasteiger partial charge in [-0.25, -0.2) is 4.79 Å². The number of aliphatic carboxylic acids is 1. The summed E-state index contributed by atoms with van der Waals surface area (Å²) in [5, 5.41) is 44.2. The third kappa shape index (κ3) is 18.9. The molecule has 0 aliphatic carbocycles. The Labute approximate surface area is 424 Å². The standard InChI is InChI=1S/C45H58N10O9S2.C2HF3O2/c1-25(56)38(39(48)58)55-45(64)37-24-66-65-23-36(53-40(59)31(47)19-26-9-3-2-4-10-26)44(63)51-34(20-27-14-16-29(57)17-15-27)42(61)52-35(21-28-22-49-32-12-6-5-11-30(28)32)43(62)50-33(41(60)54-37)13-7-8-18-46;3-2(4,5)1(6)7/h2-6,9-12,14-17,22,25,31,33-38,49,56-57H,7-8,13,18-21,23-24,46-47H2,1H3,(H2,48,58)(H,50,62)(H,51,63)(H,52,61)(H,53,59)(H,54,60)(H,55,64);(H,6,7)/t25-,31-,33+,34+,35-,36+,37+,38+;/m1./s1. The largest absolute Gasteiger partial charge is 0.508 e. The molecule has 2 heterocycles. The highest BCUT2D eigenvalue weighted by atomic mass is 33.1. The predicted molar refractivity (Wildman–Crippen MR) is 266 cm³/mol. The SMILES string of the molecule is C[C@@H](O)[C@H](NC(=O)[C@@H]1CSSC[C@H](NC(=O)[C@H](N)Cc2ccccc2)C(=O)N[C@@H](Cc2ccc(O)cc2)C(=O)N[C@H](Cc2c[nH]c3ccccc23)C(=O)N[C@@H](CCCCN)C(=O)N1)C(N)=O.O=C(O)C(F)(F)F. The highest BCUT2D eigenvalue weighted by molar-refractivity contribution is 8.76. The summed E-state index contributed by atoms with van der Waals surface area (Å²) in [5.41, 5.74) is 20.3. The fourth-order valence-corrected chi connectivity index (χ4v) is 9.51. The molecule has 4 aromatic rings. The van der Waals surface area contributed by atoms with Gasteiger partial charge in [0.2, 0.25) is 41.4 Å². The van der Waals surface area contributed by atoms with Gasteiger partial charge in [-0.1, -0.05) is 82.3 Å². The van der Waals surface area contributed by atoms with Crippen molar-refractivity contribution in [1.29, 1.82) is 0 Å². The van der Waals surface area contributed by atoms with Gasteiger partial charge in [0.05, 0.1) is 12.1 Å². The Kier molecular flexibility index (Phi) is 22.8. The molecule has 396 valence electrons. The number of aromatic amines is 1. The Morgan fingerprint density at radius 2 is 1.36 bits per heavy atom. The third-order valence-electron chi connectivity index (χ3n) is 11.1. The van der Waals surface area contributed by atoms with Crippen molar-refractivity contribution in [2.45, 2.75) is 100 Å². The summed E-state index contributed by atoms with van der Waals surface area (Å²) in [6, 6.07) is 13.2. The zero-order valence-corrected chi connectivity index (χ0v) is 41.0. The number of H-pyrrole nitrogens is 1. The van der Waals surface area contributed by atoms with Crippen molar-refractivity contribution in [2.75, 3.05) is 18.1 Å². The number of carbonyl (C=O) groups is 8. The summed E-state index contributed by atoms with van der Waals surface area (Å²) in [4.78, 5) is 109. The molecule has 8 atom stereocenters. The van der Waals surface area contributed by atoms with Gasteiger partial charge in [-0.2, -0.15) is 13.2 Å². The molecule has 16 N–H and O–H groups in total. The summed E-state index contributed by atoms with van der Waals surface area (Å²) in [7, 11) is 2.10. The maximum Gasteiger partial charge on any atom is 0.490 e. The fraction of sp³-hybridized carbons (Fsp3) is 0.404. The summed E-state index contributed by atoms with van der Waals surface area (Å²) >= 11 is 0. The van der Waals surface area contributed by atoms with E-state index in [1.165, 1.54) is 19.1 Å². The molecular formula is C47H59F3N10O11S2. The van der Waals surface area contributed by atoms with Crippen molar-refractivity contribution < 1.29 is 66.8 Å². The minimum Gasteiger partial charge on any atom is -0.508 e. The Bertz CT molecular complexity index is 2520. The molecule has 21 nitrogen and oxygen atoms in total. The van der Waals surface area contributed by atoms with E-state index in [0.29, 0.717) is 30.5 Å². The van der Waals surface area contributed by atoms with Crippen molar-refractivity contribution in [1.82, 2.24) is 36.9 Å². The molecule has 5 rings (SSSR count). The molecular weight excluding hydrogens is 1000 g/mol. The second-order valence-corrected chi connectivity index (χ2v) is 19.4. The number of primary amides is 1. The molecule has 1 aromatic heterocycles. The number of fused-ring (bicyclic) bond motifs is 1. The molecule has 7 amide bonds. The first-order valence-electron chi connectivity index (χ1n) is 22.7. The van der Waals surface area contributed by atoms with Gasteiger partial charge in [-0.15, -0.1) is 0 Å². The van der Waals surface area contributed by atoms with Gasteiger partial charge in [0.1, 0.15) is 42.0 Å². The van der Waals surface area contributed by atoms with Gasteiger partial charge in [0, 0.05) is 41.4 Å². The number of para-hydroxylation sites is 1. The number of carboxylic acid groups (broad SMARTS) is 1. The molecule has 0 unspecified atom stereocenters. The van der Waals surface area contributed by atoms with Crippen LogP contribution in [-0.4, -0.2) is 140 Å². The number of hydrogen-bond acceptors (Lipinski definition) is 14. The number of nitrogens with one attached hydrogen (secondary N) is 7. The number of phenols is 1. The molecule has 0 spiro atoms. The van der Waals surface area contributed by atoms with Crippen molar-refractivity contribution >= 4 is 79.8 Å². The highest BCUT2D eigenvalue weighted by Gasteiger charge is 2.39. The zero-order chi connectivity index (χ0) is 53.8. The van der Waals surface area contributed by atoms with Crippen molar-refractivity contribution in [2.24, 2.45) is 17.2 Å². The van der Waals surface area contributed by atoms with E-state index in [1.54, 1.807) is 42.6 Å². The number of unbranched alkanes of at least 4 members (excludes halogenated alkanes) is 1. The van der Waals surface area contributed by atoms with Gasteiger partial charge in [0.25, 0.3) is 0 Å². The Morgan fingerprint density at radius 3 is 1.97 bits per heavy atom. The van der Waals surface area contributed by atoms with E-state index >= 15 is 0 Å². The average molecular weight is 1060 g/mol. The molecule has 0 saturated carbocycles. The van der Waals surface area contributed by atoms with Crippen molar-refractivity contribution in [3.8, 4) is 5.75 Å². The minimum absolute atomic E-state index is 0.0267. The zero-order valence-electron chi connectivity index (χ0n) is 39.4. The number of aromatic nitrogens is 1. The predicted octanol–water partition coefficient (Wildman–Crippen LogP) is 0.161. The molecule has 1 saturated heterocycles. The summed E-state index contributed by atoms with van der Waals surface area (Å²) < 4.78 is 31.7. The Balaban J connectivity index is 0.00000153. The number of aliphatic hydroxyl groups is 1. The second kappa shape index (κ2) is 28.4. The van der Waals surface area contributed by atoms with E-state index in [2.05, 4.69) is 36.9 Å². The molecule has 26 heteroatoms. The molecule has 0 radical (unpaired) electrons. The van der Waals surface area contributed by atoms with Crippen LogP contribution in [0.25, 0.3) is 10.9 Å². The van der Waals surface area contributed by atoms with E-state index < -0.39 is 102 Å². The number of rotatable bonds is 16.